The van der Waals surface area contributed by atoms with Crippen molar-refractivity contribution in [2.75, 3.05) is 25.0 Å². The summed E-state index contributed by atoms with van der Waals surface area (Å²) in [6, 6.07) is 2.63. The minimum atomic E-state index is 0.633. The Morgan fingerprint density at radius 2 is 2.24 bits per heavy atom. The molecule has 0 atom stereocenters. The second-order valence-corrected chi connectivity index (χ2v) is 4.74. The molecule has 1 aliphatic heterocycles. The van der Waals surface area contributed by atoms with Crippen LogP contribution in [-0.2, 0) is 0 Å². The van der Waals surface area contributed by atoms with E-state index in [4.69, 9.17) is 17.6 Å². The number of hydrogen-bond acceptors (Lipinski definition) is 4. The van der Waals surface area contributed by atoms with Gasteiger partial charge < -0.3 is 20.6 Å². The van der Waals surface area contributed by atoms with Crippen molar-refractivity contribution in [1.29, 1.82) is 5.41 Å². The average molecular weight is 250 g/mol. The van der Waals surface area contributed by atoms with E-state index in [-0.39, 0.29) is 0 Å². The van der Waals surface area contributed by atoms with Crippen LogP contribution in [0.3, 0.4) is 0 Å². The van der Waals surface area contributed by atoms with Gasteiger partial charge in [-0.25, -0.2) is 0 Å². The van der Waals surface area contributed by atoms with Crippen molar-refractivity contribution in [3.63, 3.8) is 0 Å². The summed E-state index contributed by atoms with van der Waals surface area (Å²) in [4.78, 5) is 5.39. The molecule has 0 aromatic carbocycles. The average Bonchev–Trinajstić information content (AvgIpc) is 2.39. The van der Waals surface area contributed by atoms with Crippen molar-refractivity contribution in [1.82, 2.24) is 10.3 Å². The minimum Gasteiger partial charge on any atom is -0.370 e. The number of H-pyrrole nitrogens is 1. The molecule has 3 N–H and O–H groups in total. The van der Waals surface area contributed by atoms with Gasteiger partial charge in [-0.2, -0.15) is 0 Å². The van der Waals surface area contributed by atoms with Crippen LogP contribution in [0.1, 0.15) is 18.4 Å². The van der Waals surface area contributed by atoms with Gasteiger partial charge in [0.2, 0.25) is 0 Å². The zero-order valence-electron chi connectivity index (χ0n) is 9.99. The van der Waals surface area contributed by atoms with Crippen LogP contribution >= 0.6 is 12.2 Å². The first kappa shape index (κ1) is 12.3. The Bertz CT molecular complexity index is 446. The van der Waals surface area contributed by atoms with Gasteiger partial charge in [0.15, 0.2) is 0 Å². The maximum Gasteiger partial charge on any atom is 0.112 e. The van der Waals surface area contributed by atoms with E-state index in [2.05, 4.69) is 15.2 Å². The molecular formula is C12H18N4S. The molecule has 4 nitrogen and oxygen atoms in total. The van der Waals surface area contributed by atoms with E-state index < -0.39 is 0 Å². The van der Waals surface area contributed by atoms with Crippen LogP contribution in [0.2, 0.25) is 0 Å². The molecule has 5 heteroatoms. The highest BCUT2D eigenvalue weighted by Gasteiger charge is 2.18. The van der Waals surface area contributed by atoms with Gasteiger partial charge in [-0.15, -0.1) is 0 Å². The van der Waals surface area contributed by atoms with Gasteiger partial charge in [-0.1, -0.05) is 12.2 Å². The Morgan fingerprint density at radius 3 is 2.82 bits per heavy atom. The lowest BCUT2D eigenvalue weighted by molar-refractivity contribution is 0.442. The third-order valence-corrected chi connectivity index (χ3v) is 3.69. The van der Waals surface area contributed by atoms with Crippen LogP contribution in [0.25, 0.3) is 0 Å². The second kappa shape index (κ2) is 5.42. The zero-order valence-corrected chi connectivity index (χ0v) is 10.8. The molecule has 0 spiro atoms. The van der Waals surface area contributed by atoms with Gasteiger partial charge in [-0.3, -0.25) is 0 Å². The Kier molecular flexibility index (Phi) is 3.91. The van der Waals surface area contributed by atoms with Crippen LogP contribution < -0.4 is 10.2 Å². The molecule has 0 amide bonds. The maximum atomic E-state index is 7.32. The highest BCUT2D eigenvalue weighted by molar-refractivity contribution is 7.71. The molecule has 0 aliphatic carbocycles. The number of aromatic nitrogens is 1. The summed E-state index contributed by atoms with van der Waals surface area (Å²) in [5.41, 5.74) is 1.92. The largest absolute Gasteiger partial charge is 0.370 e. The lowest BCUT2D eigenvalue weighted by Crippen LogP contribution is -2.41. The lowest BCUT2D eigenvalue weighted by Gasteiger charge is -2.33. The summed E-state index contributed by atoms with van der Waals surface area (Å²) >= 11 is 5.11. The summed E-state index contributed by atoms with van der Waals surface area (Å²) in [6.45, 7) is 2.10. The summed E-state index contributed by atoms with van der Waals surface area (Å²) < 4.78 is 0.633. The fourth-order valence-corrected chi connectivity index (χ4v) is 2.38. The molecule has 0 radical (unpaired) electrons. The van der Waals surface area contributed by atoms with Gasteiger partial charge in [-0.05, 0) is 26.0 Å². The monoisotopic (exact) mass is 250 g/mol. The van der Waals surface area contributed by atoms with Crippen molar-refractivity contribution in [2.45, 2.75) is 18.9 Å². The summed E-state index contributed by atoms with van der Waals surface area (Å²) in [7, 11) is 2.02. The van der Waals surface area contributed by atoms with Crippen LogP contribution in [-0.4, -0.2) is 37.4 Å². The molecule has 17 heavy (non-hydrogen) atoms. The van der Waals surface area contributed by atoms with Crippen LogP contribution in [0, 0.1) is 10.0 Å². The van der Waals surface area contributed by atoms with Gasteiger partial charge in [0.05, 0.1) is 5.69 Å². The summed E-state index contributed by atoms with van der Waals surface area (Å²) in [5.74, 6) is 0. The normalized spacial score (nSPS) is 17.1. The van der Waals surface area contributed by atoms with Crippen molar-refractivity contribution in [3.8, 4) is 0 Å². The fourth-order valence-electron chi connectivity index (χ4n) is 2.21. The minimum absolute atomic E-state index is 0.633. The van der Waals surface area contributed by atoms with E-state index in [1.807, 2.05) is 19.3 Å². The van der Waals surface area contributed by atoms with Crippen molar-refractivity contribution >= 4 is 24.1 Å². The number of nitrogens with one attached hydrogen (secondary N) is 3. The molecular weight excluding hydrogens is 232 g/mol. The van der Waals surface area contributed by atoms with Crippen molar-refractivity contribution in [2.24, 2.45) is 0 Å². The second-order valence-electron chi connectivity index (χ2n) is 4.34. The summed E-state index contributed by atoms with van der Waals surface area (Å²) in [5, 5.41) is 10.6. The van der Waals surface area contributed by atoms with E-state index in [0.29, 0.717) is 10.7 Å². The highest BCUT2D eigenvalue weighted by Crippen LogP contribution is 2.20. The van der Waals surface area contributed by atoms with Crippen molar-refractivity contribution < 1.29 is 0 Å². The Morgan fingerprint density at radius 1 is 1.53 bits per heavy atom. The first-order valence-electron chi connectivity index (χ1n) is 5.90. The predicted molar refractivity (Wildman–Crippen MR) is 73.8 cm³/mol. The quantitative estimate of drug-likeness (QED) is 0.567. The van der Waals surface area contributed by atoms with E-state index in [1.54, 1.807) is 0 Å². The van der Waals surface area contributed by atoms with Crippen LogP contribution in [0.4, 0.5) is 5.69 Å². The fraction of sp³-hybridized carbons (Fsp3) is 0.500. The molecule has 0 unspecified atom stereocenters. The molecule has 2 rings (SSSR count). The molecule has 1 aliphatic rings. The van der Waals surface area contributed by atoms with E-state index in [0.717, 1.165) is 37.2 Å². The zero-order chi connectivity index (χ0) is 12.3. The number of rotatable bonds is 3. The number of nitrogens with zero attached hydrogens (tertiary/aromatic N) is 1. The molecule has 2 heterocycles. The molecule has 1 fully saturated rings. The molecule has 1 aromatic rings. The van der Waals surface area contributed by atoms with E-state index >= 15 is 0 Å². The molecule has 0 bridgehead atoms. The number of aromatic amines is 1. The standard InChI is InChI=1S/C12H18N4S/c1-14-10-2-4-16(5-3-10)11-6-9(7-13)12(17)15-8-11/h6-8,10,13-14H,2-5H2,1H3,(H,15,17). The SMILES string of the molecule is CNC1CCN(c2c[nH]c(=S)c(C=N)c2)CC1. The maximum absolute atomic E-state index is 7.32. The Hall–Kier alpha value is -1.20. The van der Waals surface area contributed by atoms with Gasteiger partial charge in [0.25, 0.3) is 0 Å². The molecule has 1 aromatic heterocycles. The van der Waals surface area contributed by atoms with Crippen LogP contribution in [0.15, 0.2) is 12.3 Å². The van der Waals surface area contributed by atoms with Gasteiger partial charge >= 0.3 is 0 Å². The Labute approximate surface area is 107 Å². The first-order chi connectivity index (χ1) is 8.24. The summed E-state index contributed by atoms with van der Waals surface area (Å²) in [6.07, 6.45) is 5.57. The third kappa shape index (κ3) is 2.73. The first-order valence-corrected chi connectivity index (χ1v) is 6.31. The van der Waals surface area contributed by atoms with Gasteiger partial charge in [0.1, 0.15) is 4.64 Å². The van der Waals surface area contributed by atoms with Crippen LogP contribution in [0.5, 0.6) is 0 Å². The van der Waals surface area contributed by atoms with Gasteiger partial charge in [0, 0.05) is 37.1 Å². The topological polar surface area (TPSA) is 54.9 Å². The molecule has 1 saturated heterocycles. The predicted octanol–water partition coefficient (Wildman–Crippen LogP) is 1.93. The molecule has 0 saturated carbocycles. The lowest BCUT2D eigenvalue weighted by atomic mass is 10.0. The third-order valence-electron chi connectivity index (χ3n) is 3.34. The smallest absolute Gasteiger partial charge is 0.112 e. The number of piperidine rings is 1. The van der Waals surface area contributed by atoms with E-state index in [1.165, 1.54) is 6.21 Å². The van der Waals surface area contributed by atoms with Crippen molar-refractivity contribution in [3.05, 3.63) is 22.5 Å². The molecule has 92 valence electrons. The number of pyridine rings is 1. The van der Waals surface area contributed by atoms with E-state index in [9.17, 15) is 0 Å². The Balaban J connectivity index is 2.13. The number of hydrogen-bond donors (Lipinski definition) is 3. The number of anilines is 1. The highest BCUT2D eigenvalue weighted by atomic mass is 32.1.